The number of hydrogen-bond acceptors (Lipinski definition) is 4. The summed E-state index contributed by atoms with van der Waals surface area (Å²) in [6, 6.07) is 3.19. The number of urea groups is 1. The van der Waals surface area contributed by atoms with Crippen molar-refractivity contribution in [1.82, 2.24) is 14.7 Å². The summed E-state index contributed by atoms with van der Waals surface area (Å²) >= 11 is 0. The second-order valence-corrected chi connectivity index (χ2v) is 4.99. The summed E-state index contributed by atoms with van der Waals surface area (Å²) in [5.74, 6) is 6.23. The molecule has 0 bridgehead atoms. The molecule has 0 aliphatic carbocycles. The number of rotatable bonds is 3. The molecule has 0 aromatic carbocycles. The van der Waals surface area contributed by atoms with Gasteiger partial charge in [0.15, 0.2) is 5.65 Å². The molecule has 0 radical (unpaired) electrons. The van der Waals surface area contributed by atoms with Gasteiger partial charge in [0.25, 0.3) is 0 Å². The molecular formula is C16H14N4O3. The lowest BCUT2D eigenvalue weighted by atomic mass is 10.2. The zero-order chi connectivity index (χ0) is 16.2. The van der Waals surface area contributed by atoms with E-state index in [2.05, 4.69) is 22.1 Å². The molecule has 1 aliphatic rings. The van der Waals surface area contributed by atoms with Crippen molar-refractivity contribution in [3.8, 4) is 11.8 Å². The van der Waals surface area contributed by atoms with Crippen LogP contribution in [0.4, 0.5) is 10.6 Å². The summed E-state index contributed by atoms with van der Waals surface area (Å²) in [6.45, 7) is 0.313. The van der Waals surface area contributed by atoms with Gasteiger partial charge in [-0.1, -0.05) is 11.8 Å². The van der Waals surface area contributed by atoms with E-state index in [9.17, 15) is 14.4 Å². The first-order chi connectivity index (χ1) is 11.2. The van der Waals surface area contributed by atoms with E-state index in [-0.39, 0.29) is 12.3 Å². The molecule has 1 aliphatic heterocycles. The Morgan fingerprint density at radius 3 is 3.04 bits per heavy atom. The van der Waals surface area contributed by atoms with Crippen LogP contribution in [0.15, 0.2) is 24.5 Å². The van der Waals surface area contributed by atoms with Crippen LogP contribution in [-0.4, -0.2) is 34.2 Å². The number of fused-ring (bicyclic) bond motifs is 1. The van der Waals surface area contributed by atoms with Crippen molar-refractivity contribution in [1.29, 1.82) is 0 Å². The van der Waals surface area contributed by atoms with Crippen LogP contribution in [0.2, 0.25) is 0 Å². The first-order valence-electron chi connectivity index (χ1n) is 7.20. The van der Waals surface area contributed by atoms with E-state index in [0.717, 1.165) is 11.8 Å². The molecule has 7 heteroatoms. The molecule has 1 fully saturated rings. The Hall–Kier alpha value is -3.14. The van der Waals surface area contributed by atoms with Crippen LogP contribution in [0.25, 0.3) is 5.65 Å². The molecule has 0 spiro atoms. The Balaban J connectivity index is 1.94. The SMILES string of the molecule is O=CCCC#Cc1cccn2c(N3CCC(=O)NC3=O)cnc12. The molecule has 3 heterocycles. The van der Waals surface area contributed by atoms with Gasteiger partial charge >= 0.3 is 6.03 Å². The fraction of sp³-hybridized carbons (Fsp3) is 0.250. The van der Waals surface area contributed by atoms with Crippen LogP contribution in [0, 0.1) is 11.8 Å². The standard InChI is InChI=1S/C16H14N4O3/c21-10-3-1-2-5-12-6-4-8-19-14(11-17-15(12)19)20-9-7-13(22)18-16(20)23/h4,6,8,10-11H,1,3,7,9H2,(H,18,22,23). The molecule has 1 N–H and O–H groups in total. The van der Waals surface area contributed by atoms with E-state index in [4.69, 9.17) is 0 Å². The van der Waals surface area contributed by atoms with Crippen molar-refractivity contribution in [2.24, 2.45) is 0 Å². The van der Waals surface area contributed by atoms with Crippen molar-refractivity contribution < 1.29 is 14.4 Å². The van der Waals surface area contributed by atoms with E-state index in [1.807, 2.05) is 12.1 Å². The monoisotopic (exact) mass is 310 g/mol. The van der Waals surface area contributed by atoms with Gasteiger partial charge in [0.1, 0.15) is 12.1 Å². The van der Waals surface area contributed by atoms with Crippen LogP contribution in [-0.2, 0) is 9.59 Å². The number of nitrogens with zero attached hydrogens (tertiary/aromatic N) is 3. The number of carbonyl (C=O) groups is 3. The third kappa shape index (κ3) is 2.92. The quantitative estimate of drug-likeness (QED) is 0.523. The highest BCUT2D eigenvalue weighted by atomic mass is 16.2. The third-order valence-corrected chi connectivity index (χ3v) is 3.46. The van der Waals surface area contributed by atoms with Crippen molar-refractivity contribution in [3.05, 3.63) is 30.1 Å². The Labute approximate surface area is 132 Å². The lowest BCUT2D eigenvalue weighted by Crippen LogP contribution is -2.50. The van der Waals surface area contributed by atoms with E-state index in [1.165, 1.54) is 4.90 Å². The smallest absolute Gasteiger partial charge is 0.303 e. The van der Waals surface area contributed by atoms with Gasteiger partial charge in [0, 0.05) is 32.0 Å². The maximum atomic E-state index is 12.0. The number of anilines is 1. The number of aldehydes is 1. The van der Waals surface area contributed by atoms with Crippen molar-refractivity contribution in [2.75, 3.05) is 11.4 Å². The summed E-state index contributed by atoms with van der Waals surface area (Å²) in [6.07, 6.45) is 5.36. The van der Waals surface area contributed by atoms with Gasteiger partial charge in [-0.3, -0.25) is 19.4 Å². The van der Waals surface area contributed by atoms with Crippen LogP contribution in [0.5, 0.6) is 0 Å². The molecule has 3 amide bonds. The van der Waals surface area contributed by atoms with E-state index in [1.54, 1.807) is 16.8 Å². The largest absolute Gasteiger partial charge is 0.329 e. The average molecular weight is 310 g/mol. The molecule has 2 aromatic rings. The van der Waals surface area contributed by atoms with Crippen LogP contribution >= 0.6 is 0 Å². The summed E-state index contributed by atoms with van der Waals surface area (Å²) in [4.78, 5) is 39.3. The number of imide groups is 1. The van der Waals surface area contributed by atoms with E-state index in [0.29, 0.717) is 30.9 Å². The average Bonchev–Trinajstić information content (AvgIpc) is 2.96. The number of aromatic nitrogens is 2. The minimum absolute atomic E-state index is 0.254. The molecule has 0 atom stereocenters. The molecule has 0 saturated carbocycles. The maximum Gasteiger partial charge on any atom is 0.329 e. The minimum Gasteiger partial charge on any atom is -0.303 e. The number of carbonyl (C=O) groups excluding carboxylic acids is 3. The minimum atomic E-state index is -0.453. The van der Waals surface area contributed by atoms with Gasteiger partial charge < -0.3 is 4.79 Å². The number of unbranched alkanes of at least 4 members (excludes halogenated alkanes) is 1. The number of amides is 3. The second kappa shape index (κ2) is 6.32. The van der Waals surface area contributed by atoms with Crippen LogP contribution in [0.3, 0.4) is 0 Å². The number of nitrogens with one attached hydrogen (secondary N) is 1. The molecule has 116 valence electrons. The lowest BCUT2D eigenvalue weighted by molar-refractivity contribution is -0.120. The summed E-state index contributed by atoms with van der Waals surface area (Å²) in [7, 11) is 0. The predicted molar refractivity (Wildman–Crippen MR) is 82.9 cm³/mol. The predicted octanol–water partition coefficient (Wildman–Crippen LogP) is 1.11. The molecule has 0 unspecified atom stereocenters. The number of imidazole rings is 1. The second-order valence-electron chi connectivity index (χ2n) is 4.99. The van der Waals surface area contributed by atoms with Gasteiger partial charge in [-0.2, -0.15) is 0 Å². The maximum absolute atomic E-state index is 12.0. The lowest BCUT2D eigenvalue weighted by Gasteiger charge is -2.25. The highest BCUT2D eigenvalue weighted by Crippen LogP contribution is 2.20. The van der Waals surface area contributed by atoms with Crippen LogP contribution < -0.4 is 10.2 Å². The summed E-state index contributed by atoms with van der Waals surface area (Å²) in [5.41, 5.74) is 1.35. The molecule has 7 nitrogen and oxygen atoms in total. The van der Waals surface area contributed by atoms with Gasteiger partial charge in [-0.25, -0.2) is 9.78 Å². The normalized spacial score (nSPS) is 14.3. The fourth-order valence-electron chi connectivity index (χ4n) is 2.37. The topological polar surface area (TPSA) is 83.8 Å². The molecular weight excluding hydrogens is 296 g/mol. The van der Waals surface area contributed by atoms with Gasteiger partial charge in [-0.15, -0.1) is 0 Å². The first-order valence-corrected chi connectivity index (χ1v) is 7.20. The molecule has 2 aromatic heterocycles. The Morgan fingerprint density at radius 2 is 2.26 bits per heavy atom. The van der Waals surface area contributed by atoms with Crippen molar-refractivity contribution in [3.63, 3.8) is 0 Å². The van der Waals surface area contributed by atoms with Gasteiger partial charge in [-0.05, 0) is 12.1 Å². The molecule has 23 heavy (non-hydrogen) atoms. The Kier molecular flexibility index (Phi) is 4.06. The fourth-order valence-corrected chi connectivity index (χ4v) is 2.37. The van der Waals surface area contributed by atoms with E-state index >= 15 is 0 Å². The van der Waals surface area contributed by atoms with Crippen molar-refractivity contribution >= 4 is 29.7 Å². The van der Waals surface area contributed by atoms with Gasteiger partial charge in [0.2, 0.25) is 5.91 Å². The number of hydrogen-bond donors (Lipinski definition) is 1. The first kappa shape index (κ1) is 14.8. The zero-order valence-electron chi connectivity index (χ0n) is 12.3. The van der Waals surface area contributed by atoms with Crippen LogP contribution in [0.1, 0.15) is 24.8 Å². The summed E-state index contributed by atoms with van der Waals surface area (Å²) in [5, 5.41) is 2.29. The Morgan fingerprint density at radius 1 is 1.39 bits per heavy atom. The molecule has 1 saturated heterocycles. The highest BCUT2D eigenvalue weighted by molar-refractivity contribution is 6.05. The van der Waals surface area contributed by atoms with Crippen molar-refractivity contribution in [2.45, 2.75) is 19.3 Å². The highest BCUT2D eigenvalue weighted by Gasteiger charge is 2.26. The number of pyridine rings is 1. The zero-order valence-corrected chi connectivity index (χ0v) is 12.3. The van der Waals surface area contributed by atoms with Gasteiger partial charge in [0.05, 0.1) is 11.8 Å². The molecule has 3 rings (SSSR count). The summed E-state index contributed by atoms with van der Waals surface area (Å²) < 4.78 is 1.76. The third-order valence-electron chi connectivity index (χ3n) is 3.46. The van der Waals surface area contributed by atoms with E-state index < -0.39 is 6.03 Å². The Bertz CT molecular complexity index is 844.